The Kier molecular flexibility index (Phi) is 4.03. The van der Waals surface area contributed by atoms with Crippen LogP contribution in [0, 0.1) is 30.9 Å². The summed E-state index contributed by atoms with van der Waals surface area (Å²) in [7, 11) is 0. The van der Waals surface area contributed by atoms with E-state index in [-0.39, 0.29) is 10.6 Å². The van der Waals surface area contributed by atoms with E-state index in [4.69, 9.17) is 0 Å². The fourth-order valence-corrected chi connectivity index (χ4v) is 2.26. The number of benzene rings is 2. The molecule has 0 aliphatic heterocycles. The van der Waals surface area contributed by atoms with Gasteiger partial charge >= 0.3 is 0 Å². The van der Waals surface area contributed by atoms with E-state index in [1.807, 2.05) is 19.1 Å². The molecule has 0 amide bonds. The summed E-state index contributed by atoms with van der Waals surface area (Å²) in [5.74, 6) is 0. The summed E-state index contributed by atoms with van der Waals surface area (Å²) in [5, 5.41) is 14.2. The Labute approximate surface area is 118 Å². The molecule has 0 atom stereocenters. The van der Waals surface area contributed by atoms with E-state index in [9.17, 15) is 10.1 Å². The molecule has 2 rings (SSSR count). The molecule has 4 nitrogen and oxygen atoms in total. The van der Waals surface area contributed by atoms with E-state index in [0.29, 0.717) is 12.2 Å². The molecular weight excluding hydrogens is 252 g/mol. The number of anilines is 1. The summed E-state index contributed by atoms with van der Waals surface area (Å²) >= 11 is 0. The first-order valence-electron chi connectivity index (χ1n) is 6.53. The average Bonchev–Trinajstić information content (AvgIpc) is 2.37. The molecule has 4 heteroatoms. The van der Waals surface area contributed by atoms with Gasteiger partial charge in [-0.3, -0.25) is 10.1 Å². The number of hydrogen-bond acceptors (Lipinski definition) is 3. The fourth-order valence-electron chi connectivity index (χ4n) is 2.26. The number of hydrogen-bond donors (Lipinski definition) is 1. The molecular formula is C16H18N2O2. The number of nitro benzene ring substituents is 1. The minimum Gasteiger partial charge on any atom is -0.375 e. The third-order valence-electron chi connectivity index (χ3n) is 3.45. The molecule has 2 aromatic rings. The first kappa shape index (κ1) is 14.1. The van der Waals surface area contributed by atoms with Gasteiger partial charge in [-0.05, 0) is 49.1 Å². The van der Waals surface area contributed by atoms with Crippen LogP contribution in [0.2, 0.25) is 0 Å². The molecule has 0 saturated carbocycles. The van der Waals surface area contributed by atoms with E-state index in [1.54, 1.807) is 12.1 Å². The zero-order valence-corrected chi connectivity index (χ0v) is 11.9. The molecule has 0 aliphatic rings. The SMILES string of the molecule is Cc1ccc([N+](=O)[O-])c(NCc2c(C)cccc2C)c1. The van der Waals surface area contributed by atoms with E-state index in [2.05, 4.69) is 31.3 Å². The van der Waals surface area contributed by atoms with Crippen molar-refractivity contribution in [2.75, 3.05) is 5.32 Å². The topological polar surface area (TPSA) is 55.2 Å². The minimum atomic E-state index is -0.355. The highest BCUT2D eigenvalue weighted by Crippen LogP contribution is 2.26. The van der Waals surface area contributed by atoms with Crippen molar-refractivity contribution in [1.82, 2.24) is 0 Å². The van der Waals surface area contributed by atoms with Crippen molar-refractivity contribution in [2.24, 2.45) is 0 Å². The van der Waals surface area contributed by atoms with Crippen LogP contribution >= 0.6 is 0 Å². The van der Waals surface area contributed by atoms with Gasteiger partial charge in [-0.25, -0.2) is 0 Å². The monoisotopic (exact) mass is 270 g/mol. The van der Waals surface area contributed by atoms with Gasteiger partial charge in [-0.15, -0.1) is 0 Å². The molecule has 0 aromatic heterocycles. The predicted molar refractivity (Wildman–Crippen MR) is 81.1 cm³/mol. The van der Waals surface area contributed by atoms with Crippen LogP contribution in [0.5, 0.6) is 0 Å². The highest BCUT2D eigenvalue weighted by atomic mass is 16.6. The van der Waals surface area contributed by atoms with E-state index in [0.717, 1.165) is 5.56 Å². The molecule has 104 valence electrons. The smallest absolute Gasteiger partial charge is 0.292 e. The van der Waals surface area contributed by atoms with Crippen molar-refractivity contribution < 1.29 is 4.92 Å². The quantitative estimate of drug-likeness (QED) is 0.671. The predicted octanol–water partition coefficient (Wildman–Crippen LogP) is 4.13. The molecule has 1 N–H and O–H groups in total. The van der Waals surface area contributed by atoms with Crippen molar-refractivity contribution in [1.29, 1.82) is 0 Å². The van der Waals surface area contributed by atoms with Crippen LogP contribution in [0.15, 0.2) is 36.4 Å². The van der Waals surface area contributed by atoms with Crippen LogP contribution in [0.4, 0.5) is 11.4 Å². The summed E-state index contributed by atoms with van der Waals surface area (Å²) in [6, 6.07) is 11.2. The number of rotatable bonds is 4. The molecule has 0 saturated heterocycles. The second kappa shape index (κ2) is 5.74. The Morgan fingerprint density at radius 1 is 1.10 bits per heavy atom. The second-order valence-electron chi connectivity index (χ2n) is 5.00. The maximum Gasteiger partial charge on any atom is 0.292 e. The van der Waals surface area contributed by atoms with Crippen LogP contribution < -0.4 is 5.32 Å². The second-order valence-corrected chi connectivity index (χ2v) is 5.00. The summed E-state index contributed by atoms with van der Waals surface area (Å²) in [4.78, 5) is 10.7. The van der Waals surface area contributed by atoms with Gasteiger partial charge in [0.25, 0.3) is 5.69 Å². The fraction of sp³-hybridized carbons (Fsp3) is 0.250. The van der Waals surface area contributed by atoms with E-state index < -0.39 is 0 Å². The average molecular weight is 270 g/mol. The van der Waals surface area contributed by atoms with Gasteiger partial charge in [-0.1, -0.05) is 24.3 Å². The van der Waals surface area contributed by atoms with Gasteiger partial charge in [0.05, 0.1) is 4.92 Å². The van der Waals surface area contributed by atoms with Crippen molar-refractivity contribution in [3.8, 4) is 0 Å². The van der Waals surface area contributed by atoms with E-state index in [1.165, 1.54) is 16.7 Å². The van der Waals surface area contributed by atoms with Crippen LogP contribution in [0.25, 0.3) is 0 Å². The van der Waals surface area contributed by atoms with E-state index >= 15 is 0 Å². The maximum absolute atomic E-state index is 11.0. The molecule has 2 aromatic carbocycles. The Hall–Kier alpha value is -2.36. The lowest BCUT2D eigenvalue weighted by molar-refractivity contribution is -0.384. The van der Waals surface area contributed by atoms with Crippen molar-refractivity contribution in [3.63, 3.8) is 0 Å². The zero-order valence-electron chi connectivity index (χ0n) is 11.9. The number of aryl methyl sites for hydroxylation is 3. The van der Waals surface area contributed by atoms with Gasteiger partial charge in [0.15, 0.2) is 0 Å². The lowest BCUT2D eigenvalue weighted by Gasteiger charge is -2.12. The molecule has 0 bridgehead atoms. The largest absolute Gasteiger partial charge is 0.375 e. The molecule has 0 fully saturated rings. The third kappa shape index (κ3) is 2.96. The van der Waals surface area contributed by atoms with Crippen LogP contribution in [-0.2, 0) is 6.54 Å². The summed E-state index contributed by atoms with van der Waals surface area (Å²) in [5.41, 5.74) is 5.24. The van der Waals surface area contributed by atoms with Gasteiger partial charge in [-0.2, -0.15) is 0 Å². The number of nitrogens with zero attached hydrogens (tertiary/aromatic N) is 1. The minimum absolute atomic E-state index is 0.113. The highest BCUT2D eigenvalue weighted by Gasteiger charge is 2.13. The molecule has 0 aliphatic carbocycles. The number of nitro groups is 1. The Bertz CT molecular complexity index is 631. The standard InChI is InChI=1S/C16H18N2O2/c1-11-7-8-16(18(19)20)15(9-11)17-10-14-12(2)5-4-6-13(14)3/h4-9,17H,10H2,1-3H3. The van der Waals surface area contributed by atoms with Gasteiger partial charge in [0, 0.05) is 12.6 Å². The van der Waals surface area contributed by atoms with Gasteiger partial charge in [0.2, 0.25) is 0 Å². The summed E-state index contributed by atoms with van der Waals surface area (Å²) in [6.07, 6.45) is 0. The maximum atomic E-state index is 11.0. The summed E-state index contributed by atoms with van der Waals surface area (Å²) < 4.78 is 0. The first-order chi connectivity index (χ1) is 9.49. The Morgan fingerprint density at radius 2 is 1.75 bits per heavy atom. The van der Waals surface area contributed by atoms with Crippen molar-refractivity contribution in [2.45, 2.75) is 27.3 Å². The van der Waals surface area contributed by atoms with Gasteiger partial charge < -0.3 is 5.32 Å². The summed E-state index contributed by atoms with van der Waals surface area (Å²) in [6.45, 7) is 6.61. The lowest BCUT2D eigenvalue weighted by atomic mass is 10.0. The Morgan fingerprint density at radius 3 is 2.35 bits per heavy atom. The van der Waals surface area contributed by atoms with Crippen LogP contribution in [0.1, 0.15) is 22.3 Å². The normalized spacial score (nSPS) is 10.3. The lowest BCUT2D eigenvalue weighted by Crippen LogP contribution is -2.05. The van der Waals surface area contributed by atoms with Crippen LogP contribution in [-0.4, -0.2) is 4.92 Å². The van der Waals surface area contributed by atoms with Crippen molar-refractivity contribution >= 4 is 11.4 Å². The third-order valence-corrected chi connectivity index (χ3v) is 3.45. The van der Waals surface area contributed by atoms with Crippen molar-refractivity contribution in [3.05, 3.63) is 68.8 Å². The number of nitrogens with one attached hydrogen (secondary N) is 1. The molecule has 0 spiro atoms. The molecule has 20 heavy (non-hydrogen) atoms. The molecule has 0 unspecified atom stereocenters. The Balaban J connectivity index is 2.27. The first-order valence-corrected chi connectivity index (χ1v) is 6.53. The molecule has 0 radical (unpaired) electrons. The molecule has 0 heterocycles. The highest BCUT2D eigenvalue weighted by molar-refractivity contribution is 5.63. The zero-order chi connectivity index (χ0) is 14.7. The van der Waals surface area contributed by atoms with Gasteiger partial charge in [0.1, 0.15) is 5.69 Å². The van der Waals surface area contributed by atoms with Crippen LogP contribution in [0.3, 0.4) is 0 Å².